The molecule has 1 aromatic carbocycles. The van der Waals surface area contributed by atoms with Crippen LogP contribution in [0, 0.1) is 0 Å². The minimum absolute atomic E-state index is 0.262. The fourth-order valence-electron chi connectivity index (χ4n) is 3.45. The van der Waals surface area contributed by atoms with Crippen LogP contribution in [0.4, 0.5) is 0 Å². The van der Waals surface area contributed by atoms with Gasteiger partial charge in [-0.2, -0.15) is 0 Å². The number of nitrogens with zero attached hydrogens (tertiary/aromatic N) is 4. The van der Waals surface area contributed by atoms with Crippen LogP contribution in [0.25, 0.3) is 34.0 Å². The average Bonchev–Trinajstić information content (AvgIpc) is 3.34. The Labute approximate surface area is 190 Å². The van der Waals surface area contributed by atoms with Crippen LogP contribution in [0.5, 0.6) is 0 Å². The predicted octanol–water partition coefficient (Wildman–Crippen LogP) is 2.65. The lowest BCUT2D eigenvalue weighted by Crippen LogP contribution is -2.33. The molecule has 9 heteroatoms. The van der Waals surface area contributed by atoms with Crippen molar-refractivity contribution >= 4 is 5.91 Å². The normalized spacial score (nSPS) is 11.8. The molecule has 168 valence electrons. The van der Waals surface area contributed by atoms with Crippen LogP contribution in [0.15, 0.2) is 70.4 Å². The molecule has 0 spiro atoms. The van der Waals surface area contributed by atoms with Crippen LogP contribution in [0.3, 0.4) is 0 Å². The van der Waals surface area contributed by atoms with E-state index in [9.17, 15) is 9.59 Å². The number of hydrogen-bond acceptors (Lipinski definition) is 7. The number of hydrogen-bond donors (Lipinski definition) is 2. The molecule has 4 rings (SSSR count). The Morgan fingerprint density at radius 1 is 1.03 bits per heavy atom. The van der Waals surface area contributed by atoms with Crippen molar-refractivity contribution in [2.75, 3.05) is 14.1 Å². The van der Waals surface area contributed by atoms with Crippen LogP contribution >= 0.6 is 0 Å². The Morgan fingerprint density at radius 2 is 1.76 bits per heavy atom. The number of carbonyl (C=O) groups is 1. The van der Waals surface area contributed by atoms with Crippen molar-refractivity contribution in [3.05, 3.63) is 77.0 Å². The summed E-state index contributed by atoms with van der Waals surface area (Å²) < 4.78 is 6.90. The summed E-state index contributed by atoms with van der Waals surface area (Å²) in [6.07, 6.45) is 4.79. The number of benzene rings is 1. The second kappa shape index (κ2) is 9.58. The summed E-state index contributed by atoms with van der Waals surface area (Å²) in [4.78, 5) is 33.2. The molecule has 4 aromatic rings. The Balaban J connectivity index is 1.63. The molecule has 0 radical (unpaired) electrons. The van der Waals surface area contributed by atoms with Crippen LogP contribution in [-0.4, -0.2) is 39.7 Å². The van der Waals surface area contributed by atoms with E-state index in [0.717, 1.165) is 12.1 Å². The summed E-state index contributed by atoms with van der Waals surface area (Å²) in [5.41, 5.74) is 4.23. The van der Waals surface area contributed by atoms with Crippen LogP contribution < -0.4 is 16.2 Å². The van der Waals surface area contributed by atoms with Crippen molar-refractivity contribution in [3.8, 4) is 34.0 Å². The highest BCUT2D eigenvalue weighted by atomic mass is 16.5. The van der Waals surface area contributed by atoms with Gasteiger partial charge >= 0.3 is 0 Å². The highest BCUT2D eigenvalue weighted by Gasteiger charge is 2.16. The molecule has 1 atom stereocenters. The first-order valence-corrected chi connectivity index (χ1v) is 10.5. The fourth-order valence-corrected chi connectivity index (χ4v) is 3.45. The van der Waals surface area contributed by atoms with E-state index in [-0.39, 0.29) is 11.5 Å². The van der Waals surface area contributed by atoms with Gasteiger partial charge in [0.1, 0.15) is 17.4 Å². The van der Waals surface area contributed by atoms with Gasteiger partial charge in [-0.15, -0.1) is 0 Å². The monoisotopic (exact) mass is 444 g/mol. The summed E-state index contributed by atoms with van der Waals surface area (Å²) in [6, 6.07) is 12.3. The first-order valence-electron chi connectivity index (χ1n) is 10.5. The Morgan fingerprint density at radius 3 is 2.48 bits per heavy atom. The maximum absolute atomic E-state index is 12.3. The quantitative estimate of drug-likeness (QED) is 0.450. The molecule has 1 amide bonds. The lowest BCUT2D eigenvalue weighted by Gasteiger charge is -2.14. The van der Waals surface area contributed by atoms with Crippen LogP contribution in [0.2, 0.25) is 0 Å². The first kappa shape index (κ1) is 22.1. The minimum Gasteiger partial charge on any atom is -0.357 e. The molecule has 1 unspecified atom stereocenters. The number of carbonyl (C=O) groups excluding carboxylic acids is 1. The zero-order chi connectivity index (χ0) is 23.4. The molecule has 0 fully saturated rings. The number of rotatable bonds is 7. The van der Waals surface area contributed by atoms with Crippen molar-refractivity contribution < 1.29 is 9.32 Å². The van der Waals surface area contributed by atoms with E-state index in [2.05, 4.69) is 25.8 Å². The van der Waals surface area contributed by atoms with Crippen molar-refractivity contribution in [2.24, 2.45) is 0 Å². The molecule has 9 nitrogen and oxygen atoms in total. The van der Waals surface area contributed by atoms with Crippen LogP contribution in [0.1, 0.15) is 18.5 Å². The molecule has 0 saturated heterocycles. The molecule has 2 N–H and O–H groups in total. The van der Waals surface area contributed by atoms with Crippen molar-refractivity contribution in [1.29, 1.82) is 0 Å². The summed E-state index contributed by atoms with van der Waals surface area (Å²) in [5.74, 6) is 0.216. The van der Waals surface area contributed by atoms with Gasteiger partial charge in [0.25, 0.3) is 5.56 Å². The van der Waals surface area contributed by atoms with Crippen LogP contribution in [-0.2, 0) is 11.3 Å². The summed E-state index contributed by atoms with van der Waals surface area (Å²) >= 11 is 0. The number of amides is 1. The number of pyridine rings is 1. The molecular formula is C24H24N6O3. The molecule has 33 heavy (non-hydrogen) atoms. The SMILES string of the molecule is CNCc1ccc(-c2cc(-c3cncc(-c4ccc(=O)n(C(C)C(=O)NC)c4)n3)on2)cc1. The zero-order valence-corrected chi connectivity index (χ0v) is 18.6. The van der Waals surface area contributed by atoms with Gasteiger partial charge in [-0.05, 0) is 25.6 Å². The van der Waals surface area contributed by atoms with E-state index >= 15 is 0 Å². The largest absolute Gasteiger partial charge is 0.357 e. The fraction of sp³-hybridized carbons (Fsp3) is 0.208. The van der Waals surface area contributed by atoms with Gasteiger partial charge in [-0.3, -0.25) is 14.6 Å². The van der Waals surface area contributed by atoms with Crippen molar-refractivity contribution in [2.45, 2.75) is 19.5 Å². The number of nitrogens with one attached hydrogen (secondary N) is 2. The molecular weight excluding hydrogens is 420 g/mol. The average molecular weight is 444 g/mol. The second-order valence-corrected chi connectivity index (χ2v) is 7.55. The van der Waals surface area contributed by atoms with Gasteiger partial charge in [-0.25, -0.2) is 4.98 Å². The molecule has 0 saturated carbocycles. The maximum atomic E-state index is 12.3. The summed E-state index contributed by atoms with van der Waals surface area (Å²) in [5, 5.41) is 9.85. The highest BCUT2D eigenvalue weighted by Crippen LogP contribution is 2.26. The predicted molar refractivity (Wildman–Crippen MR) is 124 cm³/mol. The lowest BCUT2D eigenvalue weighted by atomic mass is 10.1. The van der Waals surface area contributed by atoms with E-state index in [1.807, 2.05) is 37.4 Å². The summed E-state index contributed by atoms with van der Waals surface area (Å²) in [6.45, 7) is 2.45. The Kier molecular flexibility index (Phi) is 6.41. The van der Waals surface area contributed by atoms with Gasteiger partial charge in [0.15, 0.2) is 5.76 Å². The van der Waals surface area contributed by atoms with Gasteiger partial charge in [-0.1, -0.05) is 29.4 Å². The number of likely N-dealkylation sites (N-methyl/N-ethyl adjacent to an activating group) is 1. The smallest absolute Gasteiger partial charge is 0.251 e. The zero-order valence-electron chi connectivity index (χ0n) is 18.6. The van der Waals surface area contributed by atoms with Gasteiger partial charge in [0, 0.05) is 43.0 Å². The third-order valence-corrected chi connectivity index (χ3v) is 5.30. The number of aromatic nitrogens is 4. The summed E-state index contributed by atoms with van der Waals surface area (Å²) in [7, 11) is 3.44. The second-order valence-electron chi connectivity index (χ2n) is 7.55. The van der Waals surface area contributed by atoms with E-state index in [1.165, 1.54) is 23.2 Å². The highest BCUT2D eigenvalue weighted by molar-refractivity contribution is 5.79. The Bertz CT molecular complexity index is 1330. The van der Waals surface area contributed by atoms with Crippen molar-refractivity contribution in [3.63, 3.8) is 0 Å². The minimum atomic E-state index is -0.657. The van der Waals surface area contributed by atoms with Gasteiger partial charge in [0.05, 0.1) is 18.1 Å². The van der Waals surface area contributed by atoms with Crippen molar-refractivity contribution in [1.82, 2.24) is 30.3 Å². The third kappa shape index (κ3) is 4.73. The van der Waals surface area contributed by atoms with Gasteiger partial charge in [0.2, 0.25) is 5.91 Å². The standard InChI is InChI=1S/C24H24N6O3/c1-15(24(32)26-3)30-14-18(8-9-23(30)31)20-12-27-13-21(28-20)22-10-19(29-33-22)17-6-4-16(5-7-17)11-25-2/h4-10,12-15,25H,11H2,1-3H3,(H,26,32). The third-order valence-electron chi connectivity index (χ3n) is 5.30. The molecule has 0 aliphatic rings. The molecule has 0 aliphatic carbocycles. The Hall–Kier alpha value is -4.11. The first-order chi connectivity index (χ1) is 16.0. The maximum Gasteiger partial charge on any atom is 0.251 e. The van der Waals surface area contributed by atoms with E-state index in [0.29, 0.717) is 28.4 Å². The molecule has 0 bridgehead atoms. The molecule has 0 aliphatic heterocycles. The van der Waals surface area contributed by atoms with E-state index < -0.39 is 6.04 Å². The lowest BCUT2D eigenvalue weighted by molar-refractivity contribution is -0.123. The topological polar surface area (TPSA) is 115 Å². The van der Waals surface area contributed by atoms with E-state index in [4.69, 9.17) is 4.52 Å². The molecule has 3 heterocycles. The molecule has 3 aromatic heterocycles. The van der Waals surface area contributed by atoms with Gasteiger partial charge < -0.3 is 19.7 Å². The van der Waals surface area contributed by atoms with E-state index in [1.54, 1.807) is 31.6 Å².